The molecule has 3 aromatic rings. The van der Waals surface area contributed by atoms with Crippen molar-refractivity contribution in [1.82, 2.24) is 0 Å². The molecular weight excluding hydrogens is 442 g/mol. The lowest BCUT2D eigenvalue weighted by Crippen LogP contribution is -2.36. The predicted octanol–water partition coefficient (Wildman–Crippen LogP) is 8.54. The Morgan fingerprint density at radius 1 is 0.750 bits per heavy atom. The van der Waals surface area contributed by atoms with Crippen molar-refractivity contribution < 1.29 is 9.90 Å². The highest BCUT2D eigenvalue weighted by atomic mass is 16.4. The predicted molar refractivity (Wildman–Crippen MR) is 149 cm³/mol. The monoisotopic (exact) mass is 483 g/mol. The van der Waals surface area contributed by atoms with Crippen LogP contribution in [0.5, 0.6) is 0 Å². The number of carboxylic acid groups (broad SMARTS) is 1. The number of rotatable bonds is 11. The number of hydrogen-bond donors (Lipinski definition) is 1. The molecule has 190 valence electrons. The fraction of sp³-hybridized carbons (Fsp3) is 0.394. The maximum Gasteiger partial charge on any atom is 0.314 e. The number of nitriles is 1. The lowest BCUT2D eigenvalue weighted by Gasteiger charge is -2.30. The van der Waals surface area contributed by atoms with Gasteiger partial charge in [0.15, 0.2) is 0 Å². The molecule has 0 radical (unpaired) electrons. The molecule has 3 heteroatoms. The summed E-state index contributed by atoms with van der Waals surface area (Å²) in [5.41, 5.74) is 1.89. The molecule has 1 N–H and O–H groups in total. The first-order valence-corrected chi connectivity index (χ1v) is 13.2. The van der Waals surface area contributed by atoms with E-state index >= 15 is 0 Å². The Morgan fingerprint density at radius 2 is 1.17 bits per heavy atom. The SMILES string of the molecule is CCCC(C#N)(c1ccccc1)c1ccccc1.CCCC(CCC(C)C)(C(=O)O)c1ccccc1. The minimum Gasteiger partial charge on any atom is -0.481 e. The molecule has 36 heavy (non-hydrogen) atoms. The summed E-state index contributed by atoms with van der Waals surface area (Å²) in [6.07, 6.45) is 5.09. The van der Waals surface area contributed by atoms with Gasteiger partial charge in [-0.15, -0.1) is 0 Å². The van der Waals surface area contributed by atoms with E-state index in [1.165, 1.54) is 0 Å². The van der Waals surface area contributed by atoms with Gasteiger partial charge in [-0.1, -0.05) is 132 Å². The average molecular weight is 484 g/mol. The first-order chi connectivity index (χ1) is 17.4. The second kappa shape index (κ2) is 14.2. The zero-order chi connectivity index (χ0) is 26.4. The molecule has 0 heterocycles. The van der Waals surface area contributed by atoms with Crippen LogP contribution >= 0.6 is 0 Å². The van der Waals surface area contributed by atoms with Crippen molar-refractivity contribution in [2.75, 3.05) is 0 Å². The molecule has 1 unspecified atom stereocenters. The summed E-state index contributed by atoms with van der Waals surface area (Å²) in [5.74, 6) is -0.152. The van der Waals surface area contributed by atoms with Crippen molar-refractivity contribution >= 4 is 5.97 Å². The van der Waals surface area contributed by atoms with Gasteiger partial charge in [-0.25, -0.2) is 0 Å². The van der Waals surface area contributed by atoms with E-state index in [2.05, 4.69) is 33.8 Å². The van der Waals surface area contributed by atoms with E-state index in [1.807, 2.05) is 91.0 Å². The van der Waals surface area contributed by atoms with Crippen molar-refractivity contribution in [3.05, 3.63) is 108 Å². The maximum atomic E-state index is 11.8. The van der Waals surface area contributed by atoms with Crippen LogP contribution in [0, 0.1) is 17.2 Å². The Hall–Kier alpha value is -3.38. The highest BCUT2D eigenvalue weighted by Crippen LogP contribution is 2.37. The number of carboxylic acids is 1. The molecule has 0 amide bonds. The van der Waals surface area contributed by atoms with E-state index in [1.54, 1.807) is 0 Å². The van der Waals surface area contributed by atoms with Crippen LogP contribution in [-0.4, -0.2) is 11.1 Å². The quantitative estimate of drug-likeness (QED) is 0.297. The van der Waals surface area contributed by atoms with Crippen LogP contribution in [-0.2, 0) is 15.6 Å². The van der Waals surface area contributed by atoms with Gasteiger partial charge in [0.2, 0.25) is 0 Å². The Bertz CT molecular complexity index is 1030. The number of carbonyl (C=O) groups is 1. The summed E-state index contributed by atoms with van der Waals surface area (Å²) in [7, 11) is 0. The van der Waals surface area contributed by atoms with E-state index in [0.29, 0.717) is 12.3 Å². The van der Waals surface area contributed by atoms with Gasteiger partial charge in [-0.05, 0) is 48.3 Å². The summed E-state index contributed by atoms with van der Waals surface area (Å²) in [5, 5.41) is 19.5. The van der Waals surface area contributed by atoms with Gasteiger partial charge in [0.1, 0.15) is 5.41 Å². The standard InChI is InChI=1S/C17H17N.C16H24O2/c1-2-13-17(14-18,15-9-5-3-6-10-15)16-11-7-4-8-12-16;1-4-11-16(15(17)18,12-10-13(2)3)14-8-6-5-7-9-14/h3-12H,2,13H2,1H3;5-9,13H,4,10-12H2,1-3H3,(H,17,18). The number of benzene rings is 3. The molecule has 3 rings (SSSR count). The van der Waals surface area contributed by atoms with E-state index in [0.717, 1.165) is 48.8 Å². The third kappa shape index (κ3) is 7.08. The zero-order valence-corrected chi connectivity index (χ0v) is 22.3. The summed E-state index contributed by atoms with van der Waals surface area (Å²) in [6, 6.07) is 32.4. The van der Waals surface area contributed by atoms with Crippen molar-refractivity contribution in [1.29, 1.82) is 5.26 Å². The van der Waals surface area contributed by atoms with Gasteiger partial charge in [0.05, 0.1) is 11.5 Å². The van der Waals surface area contributed by atoms with Crippen LogP contribution in [0.1, 0.15) is 82.9 Å². The highest BCUT2D eigenvalue weighted by Gasteiger charge is 2.39. The molecule has 0 aliphatic rings. The fourth-order valence-electron chi connectivity index (χ4n) is 4.93. The van der Waals surface area contributed by atoms with E-state index in [9.17, 15) is 15.2 Å². The first-order valence-electron chi connectivity index (χ1n) is 13.2. The minimum absolute atomic E-state index is 0.517. The summed E-state index contributed by atoms with van der Waals surface area (Å²) in [4.78, 5) is 11.8. The second-order valence-electron chi connectivity index (χ2n) is 9.93. The number of nitrogens with zero attached hydrogens (tertiary/aromatic N) is 1. The van der Waals surface area contributed by atoms with Crippen LogP contribution < -0.4 is 0 Å². The summed E-state index contributed by atoms with van der Waals surface area (Å²) in [6.45, 7) is 8.46. The summed E-state index contributed by atoms with van der Waals surface area (Å²) >= 11 is 0. The minimum atomic E-state index is -0.708. The third-order valence-corrected chi connectivity index (χ3v) is 6.91. The van der Waals surface area contributed by atoms with Gasteiger partial charge < -0.3 is 5.11 Å². The molecule has 0 spiro atoms. The normalized spacial score (nSPS) is 12.7. The average Bonchev–Trinajstić information content (AvgIpc) is 2.91. The molecule has 0 fully saturated rings. The van der Waals surface area contributed by atoms with E-state index in [-0.39, 0.29) is 0 Å². The number of aliphatic carboxylic acids is 1. The molecule has 3 aromatic carbocycles. The van der Waals surface area contributed by atoms with Crippen molar-refractivity contribution in [3.8, 4) is 6.07 Å². The Labute approximate surface area is 217 Å². The zero-order valence-electron chi connectivity index (χ0n) is 22.3. The van der Waals surface area contributed by atoms with Crippen molar-refractivity contribution in [2.24, 2.45) is 5.92 Å². The van der Waals surface area contributed by atoms with Crippen LogP contribution in [0.15, 0.2) is 91.0 Å². The molecule has 0 saturated carbocycles. The highest BCUT2D eigenvalue weighted by molar-refractivity contribution is 5.81. The smallest absolute Gasteiger partial charge is 0.314 e. The van der Waals surface area contributed by atoms with Gasteiger partial charge >= 0.3 is 5.97 Å². The lowest BCUT2D eigenvalue weighted by molar-refractivity contribution is -0.144. The molecular formula is C33H41NO2. The number of hydrogen-bond acceptors (Lipinski definition) is 2. The van der Waals surface area contributed by atoms with E-state index < -0.39 is 16.8 Å². The largest absolute Gasteiger partial charge is 0.481 e. The second-order valence-corrected chi connectivity index (χ2v) is 9.93. The van der Waals surface area contributed by atoms with Gasteiger partial charge in [-0.3, -0.25) is 4.79 Å². The first kappa shape index (κ1) is 28.9. The Morgan fingerprint density at radius 3 is 1.50 bits per heavy atom. The maximum absolute atomic E-state index is 11.8. The van der Waals surface area contributed by atoms with E-state index in [4.69, 9.17) is 0 Å². The Kier molecular flexibility index (Phi) is 11.4. The molecule has 0 aliphatic heterocycles. The van der Waals surface area contributed by atoms with Crippen LogP contribution in [0.2, 0.25) is 0 Å². The third-order valence-electron chi connectivity index (χ3n) is 6.91. The molecule has 0 aromatic heterocycles. The molecule has 3 nitrogen and oxygen atoms in total. The van der Waals surface area contributed by atoms with Gasteiger partial charge in [0.25, 0.3) is 0 Å². The van der Waals surface area contributed by atoms with Crippen LogP contribution in [0.25, 0.3) is 0 Å². The lowest BCUT2D eigenvalue weighted by atomic mass is 9.72. The molecule has 0 aliphatic carbocycles. The summed E-state index contributed by atoms with van der Waals surface area (Å²) < 4.78 is 0. The molecule has 1 atom stereocenters. The fourth-order valence-corrected chi connectivity index (χ4v) is 4.93. The topological polar surface area (TPSA) is 61.1 Å². The van der Waals surface area contributed by atoms with Crippen molar-refractivity contribution in [2.45, 2.75) is 77.0 Å². The van der Waals surface area contributed by atoms with Gasteiger partial charge in [-0.2, -0.15) is 5.26 Å². The van der Waals surface area contributed by atoms with Crippen LogP contribution in [0.4, 0.5) is 0 Å². The Balaban J connectivity index is 0.000000254. The van der Waals surface area contributed by atoms with Gasteiger partial charge in [0, 0.05) is 0 Å². The van der Waals surface area contributed by atoms with Crippen molar-refractivity contribution in [3.63, 3.8) is 0 Å². The molecule has 0 saturated heterocycles. The van der Waals surface area contributed by atoms with Crippen LogP contribution in [0.3, 0.4) is 0 Å². The molecule has 0 bridgehead atoms.